The van der Waals surface area contributed by atoms with Gasteiger partial charge in [0.15, 0.2) is 0 Å². The molecule has 0 aliphatic carbocycles. The highest BCUT2D eigenvalue weighted by atomic mass is 35.5. The maximum absolute atomic E-state index is 13.1. The molecule has 8 nitrogen and oxygen atoms in total. The summed E-state index contributed by atoms with van der Waals surface area (Å²) in [6.45, 7) is 5.46. The van der Waals surface area contributed by atoms with Crippen molar-refractivity contribution >= 4 is 66.2 Å². The maximum atomic E-state index is 13.1. The van der Waals surface area contributed by atoms with E-state index in [0.29, 0.717) is 16.9 Å². The Morgan fingerprint density at radius 1 is 0.600 bits per heavy atom. The molecule has 0 aromatic heterocycles. The van der Waals surface area contributed by atoms with Gasteiger partial charge in [-0.05, 0) is 104 Å². The van der Waals surface area contributed by atoms with Crippen LogP contribution in [0.5, 0.6) is 0 Å². The lowest BCUT2D eigenvalue weighted by molar-refractivity contribution is 0.102. The smallest absolute Gasteiger partial charge is 0.262 e. The van der Waals surface area contributed by atoms with Crippen LogP contribution in [0.4, 0.5) is 17.1 Å². The average molecular weight is 619 g/mol. The fourth-order valence-electron chi connectivity index (χ4n) is 3.79. The predicted octanol–water partition coefficient (Wildman–Crippen LogP) is 6.77. The van der Waals surface area contributed by atoms with Gasteiger partial charge in [0.05, 0.1) is 15.5 Å². The molecule has 0 unspecified atom stereocenters. The van der Waals surface area contributed by atoms with E-state index in [1.165, 1.54) is 54.6 Å². The van der Waals surface area contributed by atoms with Gasteiger partial charge >= 0.3 is 0 Å². The first-order valence-electron chi connectivity index (χ1n) is 11.8. The molecule has 1 amide bonds. The summed E-state index contributed by atoms with van der Waals surface area (Å²) in [7, 11) is -7.93. The van der Waals surface area contributed by atoms with Gasteiger partial charge in [-0.3, -0.25) is 14.2 Å². The molecule has 0 atom stereocenters. The molecule has 0 saturated heterocycles. The first kappa shape index (κ1) is 29.4. The van der Waals surface area contributed by atoms with Crippen LogP contribution in [0.1, 0.15) is 27.0 Å². The topological polar surface area (TPSA) is 121 Å². The van der Waals surface area contributed by atoms with E-state index in [4.69, 9.17) is 23.2 Å². The molecular formula is C28H25Cl2N3O5S2. The molecule has 0 heterocycles. The maximum Gasteiger partial charge on any atom is 0.262 e. The lowest BCUT2D eigenvalue weighted by Gasteiger charge is -2.13. The normalized spacial score (nSPS) is 11.6. The SMILES string of the molecule is Cc1ccc(NS(=O)(=O)c2cc(C(=O)Nc3ccc(S(=O)(=O)Nc4cc(Cl)cc(Cl)c4)cc3)ccc2C)cc1C. The number of rotatable bonds is 8. The Labute approximate surface area is 243 Å². The van der Waals surface area contributed by atoms with Gasteiger partial charge in [0, 0.05) is 27.0 Å². The van der Waals surface area contributed by atoms with Crippen LogP contribution in [0.3, 0.4) is 0 Å². The van der Waals surface area contributed by atoms with Crippen LogP contribution in [-0.4, -0.2) is 22.7 Å². The van der Waals surface area contributed by atoms with Crippen molar-refractivity contribution in [2.45, 2.75) is 30.6 Å². The van der Waals surface area contributed by atoms with Crippen LogP contribution in [0.2, 0.25) is 10.0 Å². The Hall–Kier alpha value is -3.57. The summed E-state index contributed by atoms with van der Waals surface area (Å²) in [6, 6.07) is 19.4. The van der Waals surface area contributed by atoms with E-state index < -0.39 is 26.0 Å². The van der Waals surface area contributed by atoms with Gasteiger partial charge in [0.2, 0.25) is 0 Å². The van der Waals surface area contributed by atoms with Crippen molar-refractivity contribution in [3.05, 3.63) is 111 Å². The summed E-state index contributed by atoms with van der Waals surface area (Å²) in [6.07, 6.45) is 0. The second-order valence-corrected chi connectivity index (χ2v) is 13.3. The molecule has 208 valence electrons. The molecule has 0 spiro atoms. The van der Waals surface area contributed by atoms with E-state index in [9.17, 15) is 21.6 Å². The molecule has 0 aliphatic heterocycles. The van der Waals surface area contributed by atoms with E-state index in [0.717, 1.165) is 11.1 Å². The van der Waals surface area contributed by atoms with Gasteiger partial charge in [-0.2, -0.15) is 0 Å². The van der Waals surface area contributed by atoms with Gasteiger partial charge in [0.1, 0.15) is 0 Å². The van der Waals surface area contributed by atoms with Gasteiger partial charge in [-0.1, -0.05) is 35.3 Å². The zero-order valence-corrected chi connectivity index (χ0v) is 24.8. The van der Waals surface area contributed by atoms with Crippen LogP contribution in [0, 0.1) is 20.8 Å². The van der Waals surface area contributed by atoms with Gasteiger partial charge in [-0.25, -0.2) is 16.8 Å². The quantitative estimate of drug-likeness (QED) is 0.201. The van der Waals surface area contributed by atoms with Crippen LogP contribution in [0.25, 0.3) is 0 Å². The second-order valence-electron chi connectivity index (χ2n) is 9.13. The number of halogens is 2. The number of carbonyl (C=O) groups is 1. The van der Waals surface area contributed by atoms with Crippen LogP contribution >= 0.6 is 23.2 Å². The highest BCUT2D eigenvalue weighted by Gasteiger charge is 2.20. The third-order valence-electron chi connectivity index (χ3n) is 6.04. The monoisotopic (exact) mass is 617 g/mol. The third-order valence-corrected chi connectivity index (χ3v) is 9.39. The summed E-state index contributed by atoms with van der Waals surface area (Å²) in [5, 5.41) is 3.21. The van der Waals surface area contributed by atoms with E-state index in [1.54, 1.807) is 25.1 Å². The van der Waals surface area contributed by atoms with E-state index >= 15 is 0 Å². The molecule has 4 rings (SSSR count). The van der Waals surface area contributed by atoms with Crippen molar-refractivity contribution in [2.75, 3.05) is 14.8 Å². The minimum absolute atomic E-state index is 0.0352. The Bertz CT molecular complexity index is 1810. The third kappa shape index (κ3) is 6.95. The summed E-state index contributed by atoms with van der Waals surface area (Å²) in [5.74, 6) is -0.565. The number of benzene rings is 4. The molecule has 0 bridgehead atoms. The van der Waals surface area contributed by atoms with Crippen molar-refractivity contribution in [1.82, 2.24) is 0 Å². The van der Waals surface area contributed by atoms with E-state index in [-0.39, 0.29) is 31.1 Å². The summed E-state index contributed by atoms with van der Waals surface area (Å²) < 4.78 is 56.8. The second kappa shape index (κ2) is 11.5. The highest BCUT2D eigenvalue weighted by Crippen LogP contribution is 2.26. The van der Waals surface area contributed by atoms with Crippen molar-refractivity contribution in [1.29, 1.82) is 0 Å². The average Bonchev–Trinajstić information content (AvgIpc) is 2.85. The largest absolute Gasteiger partial charge is 0.322 e. The lowest BCUT2D eigenvalue weighted by Crippen LogP contribution is -2.17. The first-order valence-corrected chi connectivity index (χ1v) is 15.6. The fourth-order valence-corrected chi connectivity index (χ4v) is 6.68. The van der Waals surface area contributed by atoms with Crippen LogP contribution < -0.4 is 14.8 Å². The number of hydrogen-bond donors (Lipinski definition) is 3. The van der Waals surface area contributed by atoms with Crippen LogP contribution in [0.15, 0.2) is 88.7 Å². The molecular weight excluding hydrogens is 593 g/mol. The van der Waals surface area contributed by atoms with Crippen molar-refractivity contribution in [3.8, 4) is 0 Å². The number of aryl methyl sites for hydroxylation is 3. The Balaban J connectivity index is 1.50. The summed E-state index contributed by atoms with van der Waals surface area (Å²) in [5.41, 5.74) is 3.48. The fraction of sp³-hybridized carbons (Fsp3) is 0.107. The first-order chi connectivity index (χ1) is 18.7. The minimum Gasteiger partial charge on any atom is -0.322 e. The van der Waals surface area contributed by atoms with Crippen molar-refractivity contribution in [2.24, 2.45) is 0 Å². The molecule has 40 heavy (non-hydrogen) atoms. The molecule has 0 aliphatic rings. The molecule has 0 radical (unpaired) electrons. The molecule has 4 aromatic rings. The number of anilines is 3. The number of amides is 1. The molecule has 0 saturated carbocycles. The summed E-state index contributed by atoms with van der Waals surface area (Å²) >= 11 is 11.9. The molecule has 3 N–H and O–H groups in total. The molecule has 4 aromatic carbocycles. The number of hydrogen-bond acceptors (Lipinski definition) is 5. The van der Waals surface area contributed by atoms with Gasteiger partial charge in [-0.15, -0.1) is 0 Å². The zero-order valence-electron chi connectivity index (χ0n) is 21.6. The number of carbonyl (C=O) groups excluding carboxylic acids is 1. The number of sulfonamides is 2. The Morgan fingerprint density at radius 2 is 1.18 bits per heavy atom. The van der Waals surface area contributed by atoms with E-state index in [2.05, 4.69) is 14.8 Å². The Morgan fingerprint density at radius 3 is 1.80 bits per heavy atom. The lowest BCUT2D eigenvalue weighted by atomic mass is 10.1. The zero-order chi connectivity index (χ0) is 29.2. The minimum atomic E-state index is -3.98. The molecule has 0 fully saturated rings. The van der Waals surface area contributed by atoms with Gasteiger partial charge in [0.25, 0.3) is 26.0 Å². The summed E-state index contributed by atoms with van der Waals surface area (Å²) in [4.78, 5) is 12.9. The van der Waals surface area contributed by atoms with E-state index in [1.807, 2.05) is 19.9 Å². The molecule has 12 heteroatoms. The van der Waals surface area contributed by atoms with Crippen molar-refractivity contribution in [3.63, 3.8) is 0 Å². The standard InChI is InChI=1S/C28H25Cl2N3O5S2/c1-17-5-7-24(12-19(17)3)32-40(37,38)27-13-20(6-4-18(27)2)28(34)31-23-8-10-26(11-9-23)39(35,36)33-25-15-21(29)14-22(30)16-25/h4-16,32-33H,1-3H3,(H,31,34). The highest BCUT2D eigenvalue weighted by molar-refractivity contribution is 7.93. The van der Waals surface area contributed by atoms with Crippen LogP contribution in [-0.2, 0) is 20.0 Å². The Kier molecular flexibility index (Phi) is 8.46. The predicted molar refractivity (Wildman–Crippen MR) is 160 cm³/mol. The van der Waals surface area contributed by atoms with Gasteiger partial charge < -0.3 is 5.32 Å². The van der Waals surface area contributed by atoms with Crippen molar-refractivity contribution < 1.29 is 21.6 Å². The number of nitrogens with one attached hydrogen (secondary N) is 3.